The number of carbonyl (C=O) groups is 3. The van der Waals surface area contributed by atoms with Gasteiger partial charge in [-0.2, -0.15) is 0 Å². The Morgan fingerprint density at radius 2 is 1.19 bits per heavy atom. The number of hydrogen-bond donors (Lipinski definition) is 2. The lowest BCUT2D eigenvalue weighted by Crippen LogP contribution is -2.53. The molecular weight excluding hydrogens is 332 g/mol. The summed E-state index contributed by atoms with van der Waals surface area (Å²) in [6.45, 7) is 18.8. The maximum absolute atomic E-state index is 12.8. The molecule has 0 bridgehead atoms. The van der Waals surface area contributed by atoms with Crippen LogP contribution in [0.1, 0.15) is 82.1 Å². The minimum Gasteiger partial charge on any atom is -0.444 e. The van der Waals surface area contributed by atoms with E-state index in [1.54, 1.807) is 20.8 Å². The van der Waals surface area contributed by atoms with Gasteiger partial charge < -0.3 is 15.4 Å². The molecule has 0 aliphatic heterocycles. The van der Waals surface area contributed by atoms with Gasteiger partial charge >= 0.3 is 6.09 Å². The summed E-state index contributed by atoms with van der Waals surface area (Å²) in [5, 5.41) is 5.46. The van der Waals surface area contributed by atoms with E-state index in [0.29, 0.717) is 12.8 Å². The molecule has 0 aliphatic rings. The molecule has 0 aromatic heterocycles. The first-order chi connectivity index (χ1) is 11.4. The van der Waals surface area contributed by atoms with E-state index in [2.05, 4.69) is 10.6 Å². The van der Waals surface area contributed by atoms with Crippen molar-refractivity contribution < 1.29 is 19.1 Å². The van der Waals surface area contributed by atoms with E-state index in [9.17, 15) is 14.4 Å². The van der Waals surface area contributed by atoms with E-state index in [0.717, 1.165) is 0 Å². The largest absolute Gasteiger partial charge is 0.444 e. The SMILES string of the molecule is CC(=O)[C@H](CC(C)(C)C)NC(=O)[C@@H](CC(C)(C)C)NC(=O)OC(C)(C)C. The number of nitrogens with one attached hydrogen (secondary N) is 2. The number of rotatable bonds is 6. The highest BCUT2D eigenvalue weighted by atomic mass is 16.6. The maximum Gasteiger partial charge on any atom is 0.408 e. The molecule has 0 aliphatic carbocycles. The zero-order valence-electron chi connectivity index (χ0n) is 18.2. The van der Waals surface area contributed by atoms with Crippen LogP contribution in [0.4, 0.5) is 4.79 Å². The van der Waals surface area contributed by atoms with Crippen molar-refractivity contribution in [1.82, 2.24) is 10.6 Å². The first-order valence-electron chi connectivity index (χ1n) is 9.20. The molecule has 152 valence electrons. The van der Waals surface area contributed by atoms with E-state index in [-0.39, 0.29) is 22.5 Å². The van der Waals surface area contributed by atoms with Gasteiger partial charge in [0.05, 0.1) is 6.04 Å². The van der Waals surface area contributed by atoms with Crippen LogP contribution in [-0.2, 0) is 14.3 Å². The van der Waals surface area contributed by atoms with Crippen LogP contribution >= 0.6 is 0 Å². The Hall–Kier alpha value is -1.59. The summed E-state index contributed by atoms with van der Waals surface area (Å²) in [5.74, 6) is -0.463. The van der Waals surface area contributed by atoms with Gasteiger partial charge in [-0.25, -0.2) is 4.79 Å². The normalized spacial score (nSPS) is 15.0. The van der Waals surface area contributed by atoms with Crippen molar-refractivity contribution in [3.05, 3.63) is 0 Å². The molecule has 0 spiro atoms. The number of ether oxygens (including phenoxy) is 1. The standard InChI is InChI=1S/C20H38N2O4/c1-13(23)14(11-18(2,3)4)21-16(24)15(12-19(5,6)7)22-17(25)26-20(8,9)10/h14-15H,11-12H2,1-10H3,(H,21,24)(H,22,25)/t14-,15+/m0/s1. The molecule has 2 N–H and O–H groups in total. The second kappa shape index (κ2) is 8.87. The summed E-state index contributed by atoms with van der Waals surface area (Å²) in [4.78, 5) is 36.9. The molecule has 0 unspecified atom stereocenters. The summed E-state index contributed by atoms with van der Waals surface area (Å²) >= 11 is 0. The molecule has 0 rings (SSSR count). The highest BCUT2D eigenvalue weighted by molar-refractivity contribution is 5.91. The fraction of sp³-hybridized carbons (Fsp3) is 0.850. The van der Waals surface area contributed by atoms with Crippen molar-refractivity contribution in [3.63, 3.8) is 0 Å². The van der Waals surface area contributed by atoms with Crippen LogP contribution in [-0.4, -0.2) is 35.5 Å². The lowest BCUT2D eigenvalue weighted by atomic mass is 9.85. The minimum atomic E-state index is -0.772. The molecule has 6 nitrogen and oxygen atoms in total. The number of Topliss-reactive ketones (excluding diaryl/α,β-unsaturated/α-hetero) is 1. The summed E-state index contributed by atoms with van der Waals surface area (Å²) in [6.07, 6.45) is 0.318. The van der Waals surface area contributed by atoms with Crippen LogP contribution in [0, 0.1) is 10.8 Å². The Morgan fingerprint density at radius 3 is 1.54 bits per heavy atom. The van der Waals surface area contributed by atoms with E-state index in [1.165, 1.54) is 6.92 Å². The molecule has 26 heavy (non-hydrogen) atoms. The quantitative estimate of drug-likeness (QED) is 0.744. The second-order valence-electron chi connectivity index (χ2n) is 10.4. The highest BCUT2D eigenvalue weighted by Gasteiger charge is 2.31. The predicted molar refractivity (Wildman–Crippen MR) is 104 cm³/mol. The predicted octanol–water partition coefficient (Wildman–Crippen LogP) is 3.83. The Labute approximate surface area is 158 Å². The van der Waals surface area contributed by atoms with Gasteiger partial charge in [0.15, 0.2) is 5.78 Å². The lowest BCUT2D eigenvalue weighted by molar-refractivity contribution is -0.129. The molecule has 0 radical (unpaired) electrons. The van der Waals surface area contributed by atoms with Crippen LogP contribution in [0.3, 0.4) is 0 Å². The molecular formula is C20H38N2O4. The Bertz CT molecular complexity index is 507. The molecule has 0 saturated heterocycles. The van der Waals surface area contributed by atoms with E-state index >= 15 is 0 Å². The fourth-order valence-corrected chi connectivity index (χ4v) is 2.45. The Morgan fingerprint density at radius 1 is 0.769 bits per heavy atom. The third kappa shape index (κ3) is 11.9. The second-order valence-corrected chi connectivity index (χ2v) is 10.4. The molecule has 0 fully saturated rings. The minimum absolute atomic E-state index is 0.0972. The number of alkyl carbamates (subject to hydrolysis) is 1. The van der Waals surface area contributed by atoms with Crippen molar-refractivity contribution in [3.8, 4) is 0 Å². The van der Waals surface area contributed by atoms with E-state index < -0.39 is 23.8 Å². The van der Waals surface area contributed by atoms with Gasteiger partial charge in [-0.15, -0.1) is 0 Å². The Kier molecular flexibility index (Phi) is 8.33. The third-order valence-electron chi connectivity index (χ3n) is 3.45. The van der Waals surface area contributed by atoms with E-state index in [4.69, 9.17) is 4.74 Å². The zero-order chi connectivity index (χ0) is 20.9. The summed E-state index contributed by atoms with van der Waals surface area (Å²) in [7, 11) is 0. The van der Waals surface area contributed by atoms with Crippen LogP contribution in [0.15, 0.2) is 0 Å². The highest BCUT2D eigenvalue weighted by Crippen LogP contribution is 2.23. The molecule has 2 atom stereocenters. The first kappa shape index (κ1) is 24.4. The van der Waals surface area contributed by atoms with Gasteiger partial charge in [-0.05, 0) is 51.4 Å². The molecule has 0 heterocycles. The molecule has 0 saturated carbocycles. The van der Waals surface area contributed by atoms with Crippen molar-refractivity contribution in [2.75, 3.05) is 0 Å². The van der Waals surface area contributed by atoms with Crippen LogP contribution < -0.4 is 10.6 Å². The molecule has 0 aromatic carbocycles. The smallest absolute Gasteiger partial charge is 0.408 e. The van der Waals surface area contributed by atoms with Gasteiger partial charge in [0.2, 0.25) is 5.91 Å². The number of amides is 2. The summed E-state index contributed by atoms with van der Waals surface area (Å²) in [5.41, 5.74) is -0.949. The Balaban J connectivity index is 5.25. The van der Waals surface area contributed by atoms with Gasteiger partial charge in [0.1, 0.15) is 11.6 Å². The van der Waals surface area contributed by atoms with Crippen molar-refractivity contribution in [1.29, 1.82) is 0 Å². The van der Waals surface area contributed by atoms with Gasteiger partial charge in [0.25, 0.3) is 0 Å². The average molecular weight is 371 g/mol. The summed E-state index contributed by atoms with van der Waals surface area (Å²) in [6, 6.07) is -1.35. The number of carbonyl (C=O) groups excluding carboxylic acids is 3. The fourth-order valence-electron chi connectivity index (χ4n) is 2.45. The monoisotopic (exact) mass is 370 g/mol. The van der Waals surface area contributed by atoms with Gasteiger partial charge in [-0.1, -0.05) is 41.5 Å². The van der Waals surface area contributed by atoms with E-state index in [1.807, 2.05) is 41.5 Å². The third-order valence-corrected chi connectivity index (χ3v) is 3.45. The van der Waals surface area contributed by atoms with Crippen molar-refractivity contribution in [2.24, 2.45) is 10.8 Å². The lowest BCUT2D eigenvalue weighted by Gasteiger charge is -2.30. The molecule has 2 amide bonds. The maximum atomic E-state index is 12.8. The number of ketones is 1. The van der Waals surface area contributed by atoms with Gasteiger partial charge in [0, 0.05) is 0 Å². The molecule has 0 aromatic rings. The van der Waals surface area contributed by atoms with Crippen molar-refractivity contribution >= 4 is 17.8 Å². The van der Waals surface area contributed by atoms with Crippen LogP contribution in [0.5, 0.6) is 0 Å². The van der Waals surface area contributed by atoms with Crippen LogP contribution in [0.25, 0.3) is 0 Å². The number of hydrogen-bond acceptors (Lipinski definition) is 4. The molecule has 6 heteroatoms. The van der Waals surface area contributed by atoms with Gasteiger partial charge in [-0.3, -0.25) is 9.59 Å². The van der Waals surface area contributed by atoms with Crippen molar-refractivity contribution in [2.45, 2.75) is 99.8 Å². The van der Waals surface area contributed by atoms with Crippen LogP contribution in [0.2, 0.25) is 0 Å². The first-order valence-corrected chi connectivity index (χ1v) is 9.20. The summed E-state index contributed by atoms with van der Waals surface area (Å²) < 4.78 is 5.27. The topological polar surface area (TPSA) is 84.5 Å². The zero-order valence-corrected chi connectivity index (χ0v) is 18.2. The average Bonchev–Trinajstić information content (AvgIpc) is 2.31.